The lowest BCUT2D eigenvalue weighted by atomic mass is 9.95. The Bertz CT molecular complexity index is 1090. The minimum Gasteiger partial charge on any atom is -0.352 e. The Labute approximate surface area is 188 Å². The van der Waals surface area contributed by atoms with Crippen molar-refractivity contribution in [2.24, 2.45) is 0 Å². The number of rotatable bonds is 4. The zero-order valence-corrected chi connectivity index (χ0v) is 18.7. The molecule has 6 heteroatoms. The first-order chi connectivity index (χ1) is 15.0. The van der Waals surface area contributed by atoms with E-state index in [0.29, 0.717) is 6.04 Å². The SMILES string of the molecule is Cc1cc(C2C(c3ccccn3)NC(=S)N2C2CCCC2)c(C)n1-c1ccc(F)cc1. The molecule has 2 aromatic heterocycles. The summed E-state index contributed by atoms with van der Waals surface area (Å²) in [6.07, 6.45) is 6.68. The van der Waals surface area contributed by atoms with Gasteiger partial charge in [0.25, 0.3) is 0 Å². The van der Waals surface area contributed by atoms with Crippen LogP contribution in [0.2, 0.25) is 0 Å². The Balaban J connectivity index is 1.63. The number of aromatic nitrogens is 2. The molecule has 1 saturated heterocycles. The van der Waals surface area contributed by atoms with Crippen molar-refractivity contribution in [2.45, 2.75) is 57.7 Å². The fraction of sp³-hybridized carbons (Fsp3) is 0.360. The van der Waals surface area contributed by atoms with Crippen LogP contribution in [0.3, 0.4) is 0 Å². The van der Waals surface area contributed by atoms with Gasteiger partial charge in [-0.3, -0.25) is 4.98 Å². The number of thiocarbonyl (C=S) groups is 1. The van der Waals surface area contributed by atoms with E-state index in [1.54, 1.807) is 0 Å². The van der Waals surface area contributed by atoms with Crippen molar-refractivity contribution in [1.29, 1.82) is 0 Å². The molecule has 1 saturated carbocycles. The summed E-state index contributed by atoms with van der Waals surface area (Å²) in [6, 6.07) is 15.5. The first kappa shape index (κ1) is 20.2. The monoisotopic (exact) mass is 434 g/mol. The van der Waals surface area contributed by atoms with Gasteiger partial charge in [0.1, 0.15) is 5.82 Å². The van der Waals surface area contributed by atoms with Crippen LogP contribution in [0, 0.1) is 19.7 Å². The van der Waals surface area contributed by atoms with Crippen molar-refractivity contribution in [3.8, 4) is 5.69 Å². The third-order valence-electron chi connectivity index (χ3n) is 6.73. The first-order valence-corrected chi connectivity index (χ1v) is 11.4. The molecule has 1 aliphatic heterocycles. The van der Waals surface area contributed by atoms with Gasteiger partial charge in [-0.15, -0.1) is 0 Å². The van der Waals surface area contributed by atoms with Crippen molar-refractivity contribution in [3.05, 3.63) is 83.2 Å². The molecule has 160 valence electrons. The Kier molecular flexibility index (Phi) is 5.26. The van der Waals surface area contributed by atoms with E-state index < -0.39 is 0 Å². The van der Waals surface area contributed by atoms with Gasteiger partial charge >= 0.3 is 0 Å². The molecule has 0 amide bonds. The molecule has 2 unspecified atom stereocenters. The molecule has 2 fully saturated rings. The van der Waals surface area contributed by atoms with Crippen LogP contribution in [-0.2, 0) is 0 Å². The number of hydrogen-bond acceptors (Lipinski definition) is 2. The fourth-order valence-corrected chi connectivity index (χ4v) is 5.74. The molecule has 1 aromatic carbocycles. The van der Waals surface area contributed by atoms with E-state index in [-0.39, 0.29) is 17.9 Å². The second-order valence-corrected chi connectivity index (χ2v) is 9.00. The molecular formula is C25H27FN4S. The van der Waals surface area contributed by atoms with Crippen LogP contribution in [0.25, 0.3) is 5.69 Å². The zero-order valence-electron chi connectivity index (χ0n) is 17.9. The van der Waals surface area contributed by atoms with Crippen LogP contribution in [0.4, 0.5) is 4.39 Å². The van der Waals surface area contributed by atoms with Gasteiger partial charge in [0, 0.05) is 29.3 Å². The molecule has 2 atom stereocenters. The van der Waals surface area contributed by atoms with Crippen molar-refractivity contribution in [1.82, 2.24) is 19.8 Å². The zero-order chi connectivity index (χ0) is 21.5. The Morgan fingerprint density at radius 2 is 1.81 bits per heavy atom. The Morgan fingerprint density at radius 3 is 2.48 bits per heavy atom. The minimum absolute atomic E-state index is 0.00327. The maximum atomic E-state index is 13.5. The van der Waals surface area contributed by atoms with Crippen LogP contribution < -0.4 is 5.32 Å². The summed E-state index contributed by atoms with van der Waals surface area (Å²) in [5, 5.41) is 4.40. The summed E-state index contributed by atoms with van der Waals surface area (Å²) in [5.74, 6) is -0.223. The van der Waals surface area contributed by atoms with Crippen LogP contribution in [-0.4, -0.2) is 25.6 Å². The molecule has 0 spiro atoms. The number of hydrogen-bond donors (Lipinski definition) is 1. The van der Waals surface area contributed by atoms with Gasteiger partial charge < -0.3 is 14.8 Å². The van der Waals surface area contributed by atoms with Gasteiger partial charge in [0.2, 0.25) is 0 Å². The van der Waals surface area contributed by atoms with Gasteiger partial charge in [-0.1, -0.05) is 18.9 Å². The van der Waals surface area contributed by atoms with Crippen LogP contribution >= 0.6 is 12.2 Å². The van der Waals surface area contributed by atoms with Gasteiger partial charge in [-0.25, -0.2) is 4.39 Å². The van der Waals surface area contributed by atoms with E-state index in [1.807, 2.05) is 30.5 Å². The molecule has 3 aromatic rings. The highest BCUT2D eigenvalue weighted by Gasteiger charge is 2.44. The number of nitrogens with one attached hydrogen (secondary N) is 1. The Morgan fingerprint density at radius 1 is 1.06 bits per heavy atom. The molecule has 2 aliphatic rings. The maximum absolute atomic E-state index is 13.5. The van der Waals surface area contributed by atoms with Crippen molar-refractivity contribution in [2.75, 3.05) is 0 Å². The normalized spacial score (nSPS) is 21.6. The van der Waals surface area contributed by atoms with Gasteiger partial charge in [-0.05, 0) is 86.9 Å². The third kappa shape index (κ3) is 3.53. The van der Waals surface area contributed by atoms with E-state index in [1.165, 1.54) is 43.4 Å². The van der Waals surface area contributed by atoms with E-state index in [9.17, 15) is 4.39 Å². The quantitative estimate of drug-likeness (QED) is 0.546. The highest BCUT2D eigenvalue weighted by Crippen LogP contribution is 2.44. The van der Waals surface area contributed by atoms with Gasteiger partial charge in [0.15, 0.2) is 5.11 Å². The second-order valence-electron chi connectivity index (χ2n) is 8.61. The lowest BCUT2D eigenvalue weighted by Crippen LogP contribution is -2.37. The first-order valence-electron chi connectivity index (χ1n) is 11.0. The van der Waals surface area contributed by atoms with Crippen LogP contribution in [0.15, 0.2) is 54.7 Å². The molecule has 3 heterocycles. The molecule has 4 nitrogen and oxygen atoms in total. The number of benzene rings is 1. The Hall–Kier alpha value is -2.73. The molecule has 1 aliphatic carbocycles. The molecule has 0 radical (unpaired) electrons. The van der Waals surface area contributed by atoms with Crippen molar-refractivity contribution in [3.63, 3.8) is 0 Å². The van der Waals surface area contributed by atoms with Crippen molar-refractivity contribution < 1.29 is 4.39 Å². The van der Waals surface area contributed by atoms with Gasteiger partial charge in [0.05, 0.1) is 17.8 Å². The topological polar surface area (TPSA) is 33.1 Å². The number of pyridine rings is 1. The van der Waals surface area contributed by atoms with Gasteiger partial charge in [-0.2, -0.15) is 0 Å². The van der Waals surface area contributed by atoms with E-state index in [0.717, 1.165) is 27.9 Å². The molecule has 0 bridgehead atoms. The highest BCUT2D eigenvalue weighted by molar-refractivity contribution is 7.80. The molecule has 31 heavy (non-hydrogen) atoms. The predicted molar refractivity (Wildman–Crippen MR) is 125 cm³/mol. The minimum atomic E-state index is -0.223. The molecule has 1 N–H and O–H groups in total. The third-order valence-corrected chi connectivity index (χ3v) is 7.06. The lowest BCUT2D eigenvalue weighted by Gasteiger charge is -2.33. The average molecular weight is 435 g/mol. The molecular weight excluding hydrogens is 407 g/mol. The summed E-state index contributed by atoms with van der Waals surface area (Å²) in [7, 11) is 0. The standard InChI is InChI=1S/C25H27FN4S/c1-16-15-21(17(2)29(16)20-12-10-18(26)11-13-20)24-23(22-9-5-6-14-27-22)28-25(31)30(24)19-7-3-4-8-19/h5-6,9-15,19,23-24H,3-4,7-8H2,1-2H3,(H,28,31). The summed E-state index contributed by atoms with van der Waals surface area (Å²) in [5.41, 5.74) is 5.50. The number of halogens is 1. The summed E-state index contributed by atoms with van der Waals surface area (Å²) in [6.45, 7) is 4.26. The van der Waals surface area contributed by atoms with Crippen LogP contribution in [0.5, 0.6) is 0 Å². The van der Waals surface area contributed by atoms with Crippen molar-refractivity contribution >= 4 is 17.3 Å². The lowest BCUT2D eigenvalue weighted by molar-refractivity contribution is 0.245. The molecule has 5 rings (SSSR count). The van der Waals surface area contributed by atoms with Crippen LogP contribution in [0.1, 0.15) is 60.4 Å². The smallest absolute Gasteiger partial charge is 0.170 e. The average Bonchev–Trinajstić information content (AvgIpc) is 3.48. The van der Waals surface area contributed by atoms with E-state index in [4.69, 9.17) is 12.2 Å². The van der Waals surface area contributed by atoms with E-state index >= 15 is 0 Å². The largest absolute Gasteiger partial charge is 0.352 e. The van der Waals surface area contributed by atoms with E-state index in [2.05, 4.69) is 45.7 Å². The second kappa shape index (κ2) is 8.08. The fourth-order valence-electron chi connectivity index (χ4n) is 5.35. The summed E-state index contributed by atoms with van der Waals surface area (Å²) in [4.78, 5) is 7.09. The summed E-state index contributed by atoms with van der Waals surface area (Å²) >= 11 is 5.86. The summed E-state index contributed by atoms with van der Waals surface area (Å²) < 4.78 is 15.7. The highest BCUT2D eigenvalue weighted by atomic mass is 32.1. The predicted octanol–water partition coefficient (Wildman–Crippen LogP) is 5.54. The maximum Gasteiger partial charge on any atom is 0.170 e. The number of nitrogens with zero attached hydrogens (tertiary/aromatic N) is 3. The number of aryl methyl sites for hydroxylation is 1.